The molecule has 0 saturated heterocycles. The van der Waals surface area contributed by atoms with E-state index in [2.05, 4.69) is 14.9 Å². The highest BCUT2D eigenvalue weighted by molar-refractivity contribution is 7.13. The van der Waals surface area contributed by atoms with Gasteiger partial charge in [0.05, 0.1) is 5.54 Å². The van der Waals surface area contributed by atoms with E-state index >= 15 is 0 Å². The second-order valence-corrected chi connectivity index (χ2v) is 5.34. The van der Waals surface area contributed by atoms with Gasteiger partial charge in [-0.2, -0.15) is 13.8 Å². The first-order valence-corrected chi connectivity index (χ1v) is 6.62. The minimum absolute atomic E-state index is 0. The fourth-order valence-corrected chi connectivity index (χ4v) is 2.69. The Morgan fingerprint density at radius 1 is 1.45 bits per heavy atom. The average molecular weight is 324 g/mol. The van der Waals surface area contributed by atoms with Gasteiger partial charge in [0.15, 0.2) is 5.82 Å². The van der Waals surface area contributed by atoms with Crippen molar-refractivity contribution in [2.75, 3.05) is 0 Å². The van der Waals surface area contributed by atoms with Crippen LogP contribution in [-0.4, -0.2) is 16.8 Å². The Morgan fingerprint density at radius 3 is 2.80 bits per heavy atom. The van der Waals surface area contributed by atoms with E-state index in [-0.39, 0.29) is 24.0 Å². The normalized spacial score (nSPS) is 16.6. The molecule has 0 aliphatic heterocycles. The van der Waals surface area contributed by atoms with Gasteiger partial charge in [0.25, 0.3) is 5.89 Å². The number of alkyl halides is 2. The third kappa shape index (κ3) is 2.63. The van der Waals surface area contributed by atoms with Crippen LogP contribution in [-0.2, 0) is 5.54 Å². The molecule has 1 fully saturated rings. The van der Waals surface area contributed by atoms with E-state index in [0.717, 1.165) is 19.3 Å². The molecule has 2 N–H and O–H groups in total. The maximum absolute atomic E-state index is 12.2. The first-order valence-electron chi connectivity index (χ1n) is 5.74. The van der Waals surface area contributed by atoms with Gasteiger partial charge >= 0.3 is 6.61 Å². The van der Waals surface area contributed by atoms with Gasteiger partial charge in [0.2, 0.25) is 0 Å². The van der Waals surface area contributed by atoms with E-state index in [1.807, 2.05) is 0 Å². The first-order chi connectivity index (χ1) is 9.08. The van der Waals surface area contributed by atoms with Gasteiger partial charge in [-0.1, -0.05) is 5.16 Å². The van der Waals surface area contributed by atoms with Crippen LogP contribution in [0.25, 0.3) is 10.8 Å². The molecule has 20 heavy (non-hydrogen) atoms. The van der Waals surface area contributed by atoms with Crippen LogP contribution in [0.2, 0.25) is 0 Å². The molecule has 9 heteroatoms. The molecule has 1 saturated carbocycles. The van der Waals surface area contributed by atoms with Gasteiger partial charge in [-0.3, -0.25) is 0 Å². The van der Waals surface area contributed by atoms with Crippen molar-refractivity contribution in [2.24, 2.45) is 5.73 Å². The third-order valence-electron chi connectivity index (χ3n) is 3.16. The average Bonchev–Trinajstić information content (AvgIpc) is 2.93. The minimum atomic E-state index is -2.89. The molecule has 0 spiro atoms. The SMILES string of the molecule is Cl.NC1(c2noc(-c3sccc3OC(F)F)n2)CCC1. The van der Waals surface area contributed by atoms with Crippen LogP contribution < -0.4 is 10.5 Å². The summed E-state index contributed by atoms with van der Waals surface area (Å²) in [5.74, 6) is 0.623. The van der Waals surface area contributed by atoms with Gasteiger partial charge in [-0.15, -0.1) is 23.7 Å². The topological polar surface area (TPSA) is 74.2 Å². The second-order valence-electron chi connectivity index (χ2n) is 4.43. The van der Waals surface area contributed by atoms with Crippen molar-refractivity contribution < 1.29 is 18.0 Å². The van der Waals surface area contributed by atoms with E-state index in [4.69, 9.17) is 10.3 Å². The van der Waals surface area contributed by atoms with Crippen molar-refractivity contribution in [1.29, 1.82) is 0 Å². The lowest BCUT2D eigenvalue weighted by Crippen LogP contribution is -2.44. The van der Waals surface area contributed by atoms with Crippen molar-refractivity contribution in [3.05, 3.63) is 17.3 Å². The second kappa shape index (κ2) is 5.63. The smallest absolute Gasteiger partial charge is 0.387 e. The van der Waals surface area contributed by atoms with Crippen molar-refractivity contribution in [2.45, 2.75) is 31.4 Å². The molecule has 0 amide bonds. The van der Waals surface area contributed by atoms with Gasteiger partial charge in [0.1, 0.15) is 10.6 Å². The van der Waals surface area contributed by atoms with E-state index in [1.165, 1.54) is 17.4 Å². The third-order valence-corrected chi connectivity index (χ3v) is 4.04. The maximum Gasteiger partial charge on any atom is 0.387 e. The molecule has 0 aromatic carbocycles. The predicted octanol–water partition coefficient (Wildman–Crippen LogP) is 3.16. The zero-order valence-corrected chi connectivity index (χ0v) is 11.8. The number of hydrogen-bond acceptors (Lipinski definition) is 6. The molecular weight excluding hydrogens is 312 g/mol. The number of hydrogen-bond donors (Lipinski definition) is 1. The molecule has 0 bridgehead atoms. The summed E-state index contributed by atoms with van der Waals surface area (Å²) >= 11 is 1.20. The van der Waals surface area contributed by atoms with Crippen LogP contribution >= 0.6 is 23.7 Å². The van der Waals surface area contributed by atoms with E-state index in [9.17, 15) is 8.78 Å². The number of rotatable bonds is 4. The fraction of sp³-hybridized carbons (Fsp3) is 0.455. The van der Waals surface area contributed by atoms with Crippen LogP contribution in [0.15, 0.2) is 16.0 Å². The number of ether oxygens (including phenoxy) is 1. The number of halogens is 3. The minimum Gasteiger partial charge on any atom is -0.433 e. The summed E-state index contributed by atoms with van der Waals surface area (Å²) in [7, 11) is 0. The van der Waals surface area contributed by atoms with Crippen molar-refractivity contribution in [3.8, 4) is 16.5 Å². The van der Waals surface area contributed by atoms with Crippen LogP contribution in [0, 0.1) is 0 Å². The largest absolute Gasteiger partial charge is 0.433 e. The zero-order valence-electron chi connectivity index (χ0n) is 10.2. The molecule has 0 atom stereocenters. The van der Waals surface area contributed by atoms with Gasteiger partial charge in [-0.25, -0.2) is 0 Å². The van der Waals surface area contributed by atoms with Gasteiger partial charge in [-0.05, 0) is 30.7 Å². The van der Waals surface area contributed by atoms with Crippen LogP contribution in [0.4, 0.5) is 8.78 Å². The summed E-state index contributed by atoms with van der Waals surface area (Å²) in [5, 5.41) is 5.46. The molecule has 3 rings (SSSR count). The Bertz CT molecular complexity index is 586. The highest BCUT2D eigenvalue weighted by Gasteiger charge is 2.39. The van der Waals surface area contributed by atoms with Crippen LogP contribution in [0.1, 0.15) is 25.1 Å². The Morgan fingerprint density at radius 2 is 2.20 bits per heavy atom. The Labute approximate surface area is 123 Å². The lowest BCUT2D eigenvalue weighted by atomic mass is 9.77. The lowest BCUT2D eigenvalue weighted by molar-refractivity contribution is -0.0492. The quantitative estimate of drug-likeness (QED) is 0.935. The summed E-state index contributed by atoms with van der Waals surface area (Å²) < 4.78 is 34.0. The Balaban J connectivity index is 0.00000147. The van der Waals surface area contributed by atoms with E-state index in [1.54, 1.807) is 5.38 Å². The van der Waals surface area contributed by atoms with Gasteiger partial charge < -0.3 is 15.0 Å². The lowest BCUT2D eigenvalue weighted by Gasteiger charge is -2.34. The standard InChI is InChI=1S/C11H11F2N3O2S.ClH/c12-10(13)17-6-2-5-19-7(6)8-15-9(16-18-8)11(14)3-1-4-11;/h2,5,10H,1,3-4,14H2;1H. The highest BCUT2D eigenvalue weighted by atomic mass is 35.5. The molecule has 0 radical (unpaired) electrons. The molecule has 5 nitrogen and oxygen atoms in total. The molecule has 2 aromatic heterocycles. The van der Waals surface area contributed by atoms with Gasteiger partial charge in [0, 0.05) is 0 Å². The number of aromatic nitrogens is 2. The number of nitrogens with zero attached hydrogens (tertiary/aromatic N) is 2. The predicted molar refractivity (Wildman–Crippen MR) is 71.2 cm³/mol. The molecule has 2 heterocycles. The summed E-state index contributed by atoms with van der Waals surface area (Å²) in [6, 6.07) is 1.44. The Hall–Kier alpha value is -1.25. The first kappa shape index (κ1) is 15.1. The van der Waals surface area contributed by atoms with Crippen molar-refractivity contribution in [3.63, 3.8) is 0 Å². The molecule has 2 aromatic rings. The monoisotopic (exact) mass is 323 g/mol. The summed E-state index contributed by atoms with van der Waals surface area (Å²) in [4.78, 5) is 4.59. The number of thiophene rings is 1. The maximum atomic E-state index is 12.2. The molecule has 1 aliphatic rings. The molecule has 1 aliphatic carbocycles. The summed E-state index contributed by atoms with van der Waals surface area (Å²) in [6.07, 6.45) is 2.63. The summed E-state index contributed by atoms with van der Waals surface area (Å²) in [5.41, 5.74) is 5.54. The molecular formula is C11H12ClF2N3O2S. The van der Waals surface area contributed by atoms with Crippen molar-refractivity contribution in [1.82, 2.24) is 10.1 Å². The van der Waals surface area contributed by atoms with E-state index in [0.29, 0.717) is 10.7 Å². The van der Waals surface area contributed by atoms with Crippen molar-refractivity contribution >= 4 is 23.7 Å². The molecule has 0 unspecified atom stereocenters. The summed E-state index contributed by atoms with van der Waals surface area (Å²) in [6.45, 7) is -2.89. The fourth-order valence-electron chi connectivity index (χ4n) is 1.94. The highest BCUT2D eigenvalue weighted by Crippen LogP contribution is 2.40. The van der Waals surface area contributed by atoms with Crippen LogP contribution in [0.5, 0.6) is 5.75 Å². The van der Waals surface area contributed by atoms with E-state index < -0.39 is 12.2 Å². The zero-order chi connectivity index (χ0) is 13.5. The van der Waals surface area contributed by atoms with Crippen LogP contribution in [0.3, 0.4) is 0 Å². The molecule has 110 valence electrons. The Kier molecular flexibility index (Phi) is 4.26. The number of nitrogens with two attached hydrogens (primary N) is 1.